The summed E-state index contributed by atoms with van der Waals surface area (Å²) >= 11 is 0. The average molecular weight is 199 g/mol. The van der Waals surface area contributed by atoms with Gasteiger partial charge in [0, 0.05) is 18.0 Å². The lowest BCUT2D eigenvalue weighted by Crippen LogP contribution is -1.85. The van der Waals surface area contributed by atoms with E-state index in [4.69, 9.17) is 0 Å². The lowest BCUT2D eigenvalue weighted by molar-refractivity contribution is 0.473. The van der Waals surface area contributed by atoms with Crippen LogP contribution in [0.1, 0.15) is 11.1 Å². The highest BCUT2D eigenvalue weighted by Gasteiger charge is 2.07. The zero-order chi connectivity index (χ0) is 10.8. The van der Waals surface area contributed by atoms with Gasteiger partial charge in [0.15, 0.2) is 0 Å². The van der Waals surface area contributed by atoms with Crippen molar-refractivity contribution in [2.45, 2.75) is 13.8 Å². The summed E-state index contributed by atoms with van der Waals surface area (Å²) in [6.45, 7) is 3.93. The Morgan fingerprint density at radius 2 is 1.73 bits per heavy atom. The Balaban J connectivity index is 2.63. The van der Waals surface area contributed by atoms with Crippen molar-refractivity contribution in [3.8, 4) is 16.9 Å². The van der Waals surface area contributed by atoms with Gasteiger partial charge in [-0.1, -0.05) is 6.07 Å². The predicted octanol–water partition coefficient (Wildman–Crippen LogP) is 3.07. The van der Waals surface area contributed by atoms with Crippen LogP contribution >= 0.6 is 0 Å². The van der Waals surface area contributed by atoms with Crippen LogP contribution < -0.4 is 0 Å². The van der Waals surface area contributed by atoms with E-state index >= 15 is 0 Å². The molecule has 0 aliphatic rings. The normalized spacial score (nSPS) is 10.3. The Bertz CT molecular complexity index is 477. The number of rotatable bonds is 1. The van der Waals surface area contributed by atoms with Crippen LogP contribution in [0.25, 0.3) is 11.1 Å². The summed E-state index contributed by atoms with van der Waals surface area (Å²) in [5.41, 5.74) is 3.92. The van der Waals surface area contributed by atoms with Gasteiger partial charge in [-0.25, -0.2) is 0 Å². The van der Waals surface area contributed by atoms with Crippen molar-refractivity contribution in [3.63, 3.8) is 0 Å². The van der Waals surface area contributed by atoms with E-state index in [1.54, 1.807) is 12.4 Å². The van der Waals surface area contributed by atoms with Gasteiger partial charge >= 0.3 is 0 Å². The summed E-state index contributed by atoms with van der Waals surface area (Å²) in [6.07, 6.45) is 3.46. The van der Waals surface area contributed by atoms with Crippen molar-refractivity contribution in [2.75, 3.05) is 0 Å². The maximum atomic E-state index is 9.96. The molecule has 2 nitrogen and oxygen atoms in total. The van der Waals surface area contributed by atoms with Crippen molar-refractivity contribution in [3.05, 3.63) is 47.8 Å². The molecule has 0 aliphatic carbocycles. The summed E-state index contributed by atoms with van der Waals surface area (Å²) in [7, 11) is 0. The van der Waals surface area contributed by atoms with E-state index in [1.807, 2.05) is 38.1 Å². The molecule has 0 atom stereocenters. The largest absolute Gasteiger partial charge is 0.507 e. The molecular formula is C13H13NO. The highest BCUT2D eigenvalue weighted by atomic mass is 16.3. The lowest BCUT2D eigenvalue weighted by Gasteiger charge is -2.08. The monoisotopic (exact) mass is 199 g/mol. The summed E-state index contributed by atoms with van der Waals surface area (Å²) < 4.78 is 0. The van der Waals surface area contributed by atoms with Crippen LogP contribution in [-0.2, 0) is 0 Å². The van der Waals surface area contributed by atoms with Gasteiger partial charge in [-0.2, -0.15) is 0 Å². The van der Waals surface area contributed by atoms with E-state index in [9.17, 15) is 5.11 Å². The minimum Gasteiger partial charge on any atom is -0.507 e. The number of aryl methyl sites for hydroxylation is 2. The highest BCUT2D eigenvalue weighted by Crippen LogP contribution is 2.32. The number of aromatic nitrogens is 1. The summed E-state index contributed by atoms with van der Waals surface area (Å²) in [5, 5.41) is 9.96. The third kappa shape index (κ3) is 1.84. The molecule has 15 heavy (non-hydrogen) atoms. The maximum Gasteiger partial charge on any atom is 0.126 e. The minimum absolute atomic E-state index is 0.354. The number of nitrogens with zero attached hydrogens (tertiary/aromatic N) is 1. The molecule has 1 aromatic carbocycles. The Hall–Kier alpha value is -1.83. The number of hydrogen-bond donors (Lipinski definition) is 1. The SMILES string of the molecule is Cc1cc(C)c(O)c(-c2ccncc2)c1. The number of phenols is 1. The minimum atomic E-state index is 0.354. The van der Waals surface area contributed by atoms with Gasteiger partial charge in [-0.3, -0.25) is 4.98 Å². The van der Waals surface area contributed by atoms with Crippen LogP contribution in [0.15, 0.2) is 36.7 Å². The quantitative estimate of drug-likeness (QED) is 0.765. The molecule has 0 amide bonds. The molecule has 2 rings (SSSR count). The number of phenolic OH excluding ortho intramolecular Hbond substituents is 1. The first-order chi connectivity index (χ1) is 7.18. The van der Waals surface area contributed by atoms with Gasteiger partial charge in [0.05, 0.1) is 0 Å². The second-order valence-corrected chi connectivity index (χ2v) is 3.71. The second-order valence-electron chi connectivity index (χ2n) is 3.71. The Labute approximate surface area is 89.2 Å². The molecule has 1 N–H and O–H groups in total. The number of pyridine rings is 1. The van der Waals surface area contributed by atoms with Crippen LogP contribution in [0.4, 0.5) is 0 Å². The molecule has 2 heteroatoms. The van der Waals surface area contributed by atoms with E-state index in [0.717, 1.165) is 22.3 Å². The lowest BCUT2D eigenvalue weighted by atomic mass is 10.0. The Morgan fingerprint density at radius 1 is 1.07 bits per heavy atom. The van der Waals surface area contributed by atoms with E-state index < -0.39 is 0 Å². The summed E-state index contributed by atoms with van der Waals surface area (Å²) in [5.74, 6) is 0.354. The molecule has 0 unspecified atom stereocenters. The van der Waals surface area contributed by atoms with Crippen LogP contribution in [0.2, 0.25) is 0 Å². The topological polar surface area (TPSA) is 33.1 Å². The first-order valence-corrected chi connectivity index (χ1v) is 4.89. The second kappa shape index (κ2) is 3.73. The standard InChI is InChI=1S/C13H13NO/c1-9-7-10(2)13(15)12(8-9)11-3-5-14-6-4-11/h3-8,15H,1-2H3. The van der Waals surface area contributed by atoms with E-state index in [1.165, 1.54) is 0 Å². The van der Waals surface area contributed by atoms with Gasteiger partial charge in [0.1, 0.15) is 5.75 Å². The van der Waals surface area contributed by atoms with Crippen LogP contribution in [0.3, 0.4) is 0 Å². The fraction of sp³-hybridized carbons (Fsp3) is 0.154. The molecule has 0 radical (unpaired) electrons. The van der Waals surface area contributed by atoms with Gasteiger partial charge in [-0.15, -0.1) is 0 Å². The molecule has 0 bridgehead atoms. The molecular weight excluding hydrogens is 186 g/mol. The molecule has 0 fully saturated rings. The summed E-state index contributed by atoms with van der Waals surface area (Å²) in [4.78, 5) is 3.96. The molecule has 1 aromatic heterocycles. The molecule has 1 heterocycles. The van der Waals surface area contributed by atoms with Gasteiger partial charge < -0.3 is 5.11 Å². The fourth-order valence-corrected chi connectivity index (χ4v) is 1.71. The molecule has 76 valence electrons. The molecule has 0 spiro atoms. The Morgan fingerprint density at radius 3 is 2.40 bits per heavy atom. The average Bonchev–Trinajstić information content (AvgIpc) is 2.24. The fourth-order valence-electron chi connectivity index (χ4n) is 1.71. The molecule has 0 aliphatic heterocycles. The van der Waals surface area contributed by atoms with Crippen LogP contribution in [-0.4, -0.2) is 10.1 Å². The van der Waals surface area contributed by atoms with E-state index in [0.29, 0.717) is 5.75 Å². The molecule has 0 saturated carbocycles. The molecule has 0 saturated heterocycles. The van der Waals surface area contributed by atoms with Crippen LogP contribution in [0, 0.1) is 13.8 Å². The summed E-state index contributed by atoms with van der Waals surface area (Å²) in [6, 6.07) is 7.75. The maximum absolute atomic E-state index is 9.96. The first-order valence-electron chi connectivity index (χ1n) is 4.89. The third-order valence-corrected chi connectivity index (χ3v) is 2.44. The molecule has 2 aromatic rings. The van der Waals surface area contributed by atoms with Gasteiger partial charge in [0.2, 0.25) is 0 Å². The van der Waals surface area contributed by atoms with E-state index in [-0.39, 0.29) is 0 Å². The smallest absolute Gasteiger partial charge is 0.126 e. The predicted molar refractivity (Wildman–Crippen MR) is 60.8 cm³/mol. The zero-order valence-corrected chi connectivity index (χ0v) is 8.86. The third-order valence-electron chi connectivity index (χ3n) is 2.44. The highest BCUT2D eigenvalue weighted by molar-refractivity contribution is 5.72. The number of aromatic hydroxyl groups is 1. The van der Waals surface area contributed by atoms with Crippen molar-refractivity contribution < 1.29 is 5.11 Å². The van der Waals surface area contributed by atoms with Crippen molar-refractivity contribution in [2.24, 2.45) is 0 Å². The zero-order valence-electron chi connectivity index (χ0n) is 8.86. The Kier molecular flexibility index (Phi) is 2.42. The van der Waals surface area contributed by atoms with Gasteiger partial charge in [0.25, 0.3) is 0 Å². The van der Waals surface area contributed by atoms with Crippen LogP contribution in [0.5, 0.6) is 5.75 Å². The first kappa shape index (κ1) is 9.71. The number of benzene rings is 1. The van der Waals surface area contributed by atoms with Crippen molar-refractivity contribution in [1.82, 2.24) is 4.98 Å². The van der Waals surface area contributed by atoms with Crippen molar-refractivity contribution in [1.29, 1.82) is 0 Å². The number of hydrogen-bond acceptors (Lipinski definition) is 2. The van der Waals surface area contributed by atoms with Gasteiger partial charge in [-0.05, 0) is 48.7 Å². The van der Waals surface area contributed by atoms with Crippen molar-refractivity contribution >= 4 is 0 Å². The van der Waals surface area contributed by atoms with E-state index in [2.05, 4.69) is 4.98 Å².